The van der Waals surface area contributed by atoms with Crippen LogP contribution in [0.5, 0.6) is 5.75 Å². The Kier molecular flexibility index (Phi) is 6.74. The van der Waals surface area contributed by atoms with Gasteiger partial charge in [0.1, 0.15) is 12.4 Å². The van der Waals surface area contributed by atoms with Crippen molar-refractivity contribution in [2.24, 2.45) is 0 Å². The Labute approximate surface area is 155 Å². The molecular weight excluding hydrogens is 332 g/mol. The first-order chi connectivity index (χ1) is 12.3. The first-order valence-corrected chi connectivity index (χ1v) is 9.54. The summed E-state index contributed by atoms with van der Waals surface area (Å²) in [5, 5.41) is 4.24. The average molecular weight is 359 g/mol. The molecule has 0 bridgehead atoms. The van der Waals surface area contributed by atoms with E-state index >= 15 is 0 Å². The molecule has 1 saturated heterocycles. The number of nitrogens with one attached hydrogen (secondary N) is 1. The maximum atomic E-state index is 6.39. The standard InChI is InChI=1S/C21H27ClN2O/c1-2-24-12-6-9-19(24)15-23-14-18-10-11-21(20(22)13-18)25-16-17-7-4-3-5-8-17/h3-5,7-8,10-11,13,19,23H,2,6,9,12,14-16H2,1H3/t19-/m1/s1. The number of likely N-dealkylation sites (tertiary alicyclic amines) is 1. The van der Waals surface area contributed by atoms with Crippen molar-refractivity contribution in [3.63, 3.8) is 0 Å². The fraction of sp³-hybridized carbons (Fsp3) is 0.429. The van der Waals surface area contributed by atoms with Crippen LogP contribution in [0, 0.1) is 0 Å². The van der Waals surface area contributed by atoms with Crippen molar-refractivity contribution < 1.29 is 4.74 Å². The summed E-state index contributed by atoms with van der Waals surface area (Å²) >= 11 is 6.39. The van der Waals surface area contributed by atoms with E-state index in [0.29, 0.717) is 17.7 Å². The van der Waals surface area contributed by atoms with Crippen LogP contribution >= 0.6 is 11.6 Å². The minimum absolute atomic E-state index is 0.534. The van der Waals surface area contributed by atoms with Crippen LogP contribution in [-0.4, -0.2) is 30.6 Å². The molecule has 0 aromatic heterocycles. The van der Waals surface area contributed by atoms with Crippen LogP contribution < -0.4 is 10.1 Å². The second-order valence-electron chi connectivity index (χ2n) is 6.59. The first-order valence-electron chi connectivity index (χ1n) is 9.16. The molecule has 1 fully saturated rings. The highest BCUT2D eigenvalue weighted by Crippen LogP contribution is 2.26. The highest BCUT2D eigenvalue weighted by Gasteiger charge is 2.22. The van der Waals surface area contributed by atoms with Gasteiger partial charge in [-0.25, -0.2) is 0 Å². The lowest BCUT2D eigenvalue weighted by Gasteiger charge is -2.23. The van der Waals surface area contributed by atoms with Crippen molar-refractivity contribution in [3.8, 4) is 5.75 Å². The molecule has 4 heteroatoms. The molecule has 0 amide bonds. The van der Waals surface area contributed by atoms with E-state index in [1.54, 1.807) is 0 Å². The van der Waals surface area contributed by atoms with Crippen LogP contribution in [-0.2, 0) is 13.2 Å². The average Bonchev–Trinajstić information content (AvgIpc) is 3.09. The third kappa shape index (κ3) is 5.21. The zero-order valence-electron chi connectivity index (χ0n) is 14.9. The smallest absolute Gasteiger partial charge is 0.138 e. The summed E-state index contributed by atoms with van der Waals surface area (Å²) in [6.07, 6.45) is 2.62. The van der Waals surface area contributed by atoms with Crippen LogP contribution in [0.3, 0.4) is 0 Å². The van der Waals surface area contributed by atoms with Crippen molar-refractivity contribution in [1.82, 2.24) is 10.2 Å². The predicted octanol–water partition coefficient (Wildman–Crippen LogP) is 4.49. The molecule has 1 heterocycles. The van der Waals surface area contributed by atoms with E-state index in [4.69, 9.17) is 16.3 Å². The van der Waals surface area contributed by atoms with Gasteiger partial charge in [0.2, 0.25) is 0 Å². The number of rotatable bonds is 8. The quantitative estimate of drug-likeness (QED) is 0.752. The summed E-state index contributed by atoms with van der Waals surface area (Å²) in [7, 11) is 0. The van der Waals surface area contributed by atoms with Crippen molar-refractivity contribution in [3.05, 3.63) is 64.7 Å². The van der Waals surface area contributed by atoms with Gasteiger partial charge in [-0.2, -0.15) is 0 Å². The van der Waals surface area contributed by atoms with Crippen LogP contribution in [0.1, 0.15) is 30.9 Å². The highest BCUT2D eigenvalue weighted by atomic mass is 35.5. The lowest BCUT2D eigenvalue weighted by atomic mass is 10.2. The van der Waals surface area contributed by atoms with Gasteiger partial charge in [0.05, 0.1) is 5.02 Å². The molecule has 0 saturated carbocycles. The number of benzene rings is 2. The van der Waals surface area contributed by atoms with Gasteiger partial charge in [0.15, 0.2) is 0 Å². The Morgan fingerprint density at radius 1 is 1.16 bits per heavy atom. The van der Waals surface area contributed by atoms with Crippen molar-refractivity contribution in [2.75, 3.05) is 19.6 Å². The van der Waals surface area contributed by atoms with Crippen LogP contribution in [0.2, 0.25) is 5.02 Å². The molecule has 2 aromatic rings. The number of nitrogens with zero attached hydrogens (tertiary/aromatic N) is 1. The Balaban J connectivity index is 1.48. The summed E-state index contributed by atoms with van der Waals surface area (Å²) in [5.41, 5.74) is 2.33. The summed E-state index contributed by atoms with van der Waals surface area (Å²) in [6, 6.07) is 16.9. The fourth-order valence-corrected chi connectivity index (χ4v) is 3.69. The third-order valence-electron chi connectivity index (χ3n) is 4.85. The van der Waals surface area contributed by atoms with Gasteiger partial charge in [-0.3, -0.25) is 4.90 Å². The summed E-state index contributed by atoms with van der Waals surface area (Å²) in [4.78, 5) is 2.56. The fourth-order valence-electron chi connectivity index (χ4n) is 3.43. The van der Waals surface area contributed by atoms with Gasteiger partial charge in [0, 0.05) is 19.1 Å². The second-order valence-corrected chi connectivity index (χ2v) is 7.00. The largest absolute Gasteiger partial charge is 0.487 e. The summed E-state index contributed by atoms with van der Waals surface area (Å²) in [5.74, 6) is 0.738. The molecule has 1 atom stereocenters. The second kappa shape index (κ2) is 9.23. The molecule has 134 valence electrons. The molecular formula is C21H27ClN2O. The lowest BCUT2D eigenvalue weighted by molar-refractivity contribution is 0.260. The lowest BCUT2D eigenvalue weighted by Crippen LogP contribution is -2.37. The van der Waals surface area contributed by atoms with Gasteiger partial charge < -0.3 is 10.1 Å². The predicted molar refractivity (Wildman–Crippen MR) is 104 cm³/mol. The Bertz CT molecular complexity index is 662. The topological polar surface area (TPSA) is 24.5 Å². The third-order valence-corrected chi connectivity index (χ3v) is 5.14. The molecule has 0 unspecified atom stereocenters. The molecule has 3 nitrogen and oxygen atoms in total. The van der Waals surface area contributed by atoms with E-state index in [1.165, 1.54) is 24.9 Å². The monoisotopic (exact) mass is 358 g/mol. The van der Waals surface area contributed by atoms with Crippen LogP contribution in [0.15, 0.2) is 48.5 Å². The van der Waals surface area contributed by atoms with Crippen molar-refractivity contribution in [1.29, 1.82) is 0 Å². The maximum Gasteiger partial charge on any atom is 0.138 e. The molecule has 0 aliphatic carbocycles. The number of hydrogen-bond donors (Lipinski definition) is 1. The Hall–Kier alpha value is -1.55. The highest BCUT2D eigenvalue weighted by molar-refractivity contribution is 6.32. The SMILES string of the molecule is CCN1CCC[C@@H]1CNCc1ccc(OCc2ccccc2)c(Cl)c1. The first kappa shape index (κ1) is 18.2. The van der Waals surface area contributed by atoms with Gasteiger partial charge in [-0.1, -0.05) is 54.9 Å². The molecule has 1 aliphatic heterocycles. The molecule has 0 radical (unpaired) electrons. The van der Waals surface area contributed by atoms with E-state index in [9.17, 15) is 0 Å². The molecule has 25 heavy (non-hydrogen) atoms. The van der Waals surface area contributed by atoms with Crippen molar-refractivity contribution in [2.45, 2.75) is 39.0 Å². The van der Waals surface area contributed by atoms with E-state index in [-0.39, 0.29) is 0 Å². The molecule has 2 aromatic carbocycles. The molecule has 0 spiro atoms. The number of halogens is 1. The van der Waals surface area contributed by atoms with E-state index < -0.39 is 0 Å². The Morgan fingerprint density at radius 3 is 2.76 bits per heavy atom. The zero-order chi connectivity index (χ0) is 17.5. The summed E-state index contributed by atoms with van der Waals surface area (Å²) < 4.78 is 5.83. The number of ether oxygens (including phenoxy) is 1. The summed E-state index contributed by atoms with van der Waals surface area (Å²) in [6.45, 7) is 7.04. The van der Waals surface area contributed by atoms with Crippen molar-refractivity contribution >= 4 is 11.6 Å². The number of hydrogen-bond acceptors (Lipinski definition) is 3. The normalized spacial score (nSPS) is 17.8. The minimum Gasteiger partial charge on any atom is -0.487 e. The Morgan fingerprint density at radius 2 is 2.00 bits per heavy atom. The van der Waals surface area contributed by atoms with Crippen LogP contribution in [0.25, 0.3) is 0 Å². The minimum atomic E-state index is 0.534. The van der Waals surface area contributed by atoms with Crippen LogP contribution in [0.4, 0.5) is 0 Å². The van der Waals surface area contributed by atoms with Gasteiger partial charge in [-0.15, -0.1) is 0 Å². The molecule has 3 rings (SSSR count). The maximum absolute atomic E-state index is 6.39. The van der Waals surface area contributed by atoms with E-state index in [2.05, 4.69) is 35.3 Å². The van der Waals surface area contributed by atoms with E-state index in [1.807, 2.05) is 30.3 Å². The zero-order valence-corrected chi connectivity index (χ0v) is 15.6. The number of likely N-dealkylation sites (N-methyl/N-ethyl adjacent to an activating group) is 1. The van der Waals surface area contributed by atoms with Gasteiger partial charge in [0.25, 0.3) is 0 Å². The molecule has 1 aliphatic rings. The van der Waals surface area contributed by atoms with Gasteiger partial charge in [-0.05, 0) is 49.2 Å². The van der Waals surface area contributed by atoms with Gasteiger partial charge >= 0.3 is 0 Å². The molecule has 1 N–H and O–H groups in total. The van der Waals surface area contributed by atoms with E-state index in [0.717, 1.165) is 30.9 Å².